The van der Waals surface area contributed by atoms with Gasteiger partial charge in [-0.25, -0.2) is 4.68 Å². The summed E-state index contributed by atoms with van der Waals surface area (Å²) in [5.41, 5.74) is 0.815. The molecule has 0 spiro atoms. The largest absolute Gasteiger partial charge is 0.416 e. The van der Waals surface area contributed by atoms with Crippen molar-refractivity contribution in [1.82, 2.24) is 20.4 Å². The summed E-state index contributed by atoms with van der Waals surface area (Å²) in [7, 11) is 1.56. The fraction of sp³-hybridized carbons (Fsp3) is 0.258. The first-order valence-corrected chi connectivity index (χ1v) is 13.7. The zero-order valence-corrected chi connectivity index (χ0v) is 24.0. The van der Waals surface area contributed by atoms with Crippen LogP contribution < -0.4 is 20.4 Å². The molecule has 2 unspecified atom stereocenters. The Morgan fingerprint density at radius 3 is 2.45 bits per heavy atom. The summed E-state index contributed by atoms with van der Waals surface area (Å²) in [5, 5.41) is 20.5. The number of likely N-dealkylation sites (N-methyl/N-ethyl adjacent to an activating group) is 1. The van der Waals surface area contributed by atoms with Gasteiger partial charge in [0, 0.05) is 12.3 Å². The van der Waals surface area contributed by atoms with Crippen LogP contribution in [0, 0.1) is 11.3 Å². The van der Waals surface area contributed by atoms with Gasteiger partial charge in [0.15, 0.2) is 0 Å². The molecule has 0 radical (unpaired) electrons. The van der Waals surface area contributed by atoms with Crippen molar-refractivity contribution in [3.63, 3.8) is 0 Å². The molecule has 4 aromatic rings. The molecule has 2 N–H and O–H groups in total. The number of para-hydroxylation sites is 2. The molecule has 13 heteroatoms. The van der Waals surface area contributed by atoms with Gasteiger partial charge in [0.25, 0.3) is 5.91 Å². The van der Waals surface area contributed by atoms with Crippen molar-refractivity contribution in [3.8, 4) is 11.8 Å². The summed E-state index contributed by atoms with van der Waals surface area (Å²) in [5.74, 6) is -1.77. The van der Waals surface area contributed by atoms with Crippen LogP contribution in [0.3, 0.4) is 0 Å². The number of carbonyl (C=O) groups is 3. The molecule has 3 amide bonds. The number of carbonyl (C=O) groups excluding carboxylic acids is 3. The van der Waals surface area contributed by atoms with Crippen molar-refractivity contribution < 1.29 is 27.6 Å². The van der Waals surface area contributed by atoms with Crippen molar-refractivity contribution >= 4 is 40.0 Å². The maximum absolute atomic E-state index is 14.2. The minimum Gasteiger partial charge on any atom is -0.341 e. The second kappa shape index (κ2) is 11.8. The molecule has 0 saturated heterocycles. The van der Waals surface area contributed by atoms with Crippen LogP contribution in [0.5, 0.6) is 0 Å². The summed E-state index contributed by atoms with van der Waals surface area (Å²) < 4.78 is 43.0. The average molecular weight is 604 g/mol. The molecule has 2 heterocycles. The Balaban J connectivity index is 1.68. The molecule has 1 aliphatic heterocycles. The van der Waals surface area contributed by atoms with Crippen molar-refractivity contribution in [2.45, 2.75) is 38.7 Å². The van der Waals surface area contributed by atoms with E-state index >= 15 is 0 Å². The topological polar surface area (TPSA) is 123 Å². The average Bonchev–Trinajstić information content (AvgIpc) is 3.33. The number of hydrogen-bond donors (Lipinski definition) is 2. The maximum Gasteiger partial charge on any atom is 0.416 e. The second-order valence-electron chi connectivity index (χ2n) is 10.3. The quantitative estimate of drug-likeness (QED) is 0.345. The highest BCUT2D eigenvalue weighted by Gasteiger charge is 2.39. The van der Waals surface area contributed by atoms with Crippen LogP contribution in [0.1, 0.15) is 30.7 Å². The van der Waals surface area contributed by atoms with E-state index in [2.05, 4.69) is 16.7 Å². The second-order valence-corrected chi connectivity index (χ2v) is 10.3. The predicted octanol–water partition coefficient (Wildman–Crippen LogP) is 3.91. The summed E-state index contributed by atoms with van der Waals surface area (Å²) in [6.45, 7) is 2.17. The van der Waals surface area contributed by atoms with E-state index in [-0.39, 0.29) is 24.5 Å². The molecule has 0 aliphatic carbocycles. The van der Waals surface area contributed by atoms with Crippen LogP contribution in [0.15, 0.2) is 66.7 Å². The van der Waals surface area contributed by atoms with Gasteiger partial charge in [-0.15, -0.1) is 0 Å². The lowest BCUT2D eigenvalue weighted by atomic mass is 10.1. The van der Waals surface area contributed by atoms with Crippen molar-refractivity contribution in [2.24, 2.45) is 0 Å². The van der Waals surface area contributed by atoms with Gasteiger partial charge in [-0.05, 0) is 50.4 Å². The lowest BCUT2D eigenvalue weighted by Gasteiger charge is -2.26. The summed E-state index contributed by atoms with van der Waals surface area (Å²) in [6, 6.07) is 17.0. The lowest BCUT2D eigenvalue weighted by Crippen LogP contribution is -2.55. The van der Waals surface area contributed by atoms with Gasteiger partial charge < -0.3 is 20.4 Å². The zero-order chi connectivity index (χ0) is 31.8. The Morgan fingerprint density at radius 2 is 1.77 bits per heavy atom. The Bertz CT molecular complexity index is 1810. The number of halogens is 3. The number of nitrogens with one attached hydrogen (secondary N) is 2. The first-order valence-electron chi connectivity index (χ1n) is 13.7. The van der Waals surface area contributed by atoms with Gasteiger partial charge in [-0.3, -0.25) is 14.4 Å². The molecule has 1 aromatic heterocycles. The van der Waals surface area contributed by atoms with Gasteiger partial charge in [0.1, 0.15) is 12.1 Å². The van der Waals surface area contributed by atoms with Crippen LogP contribution in [0.2, 0.25) is 0 Å². The minimum atomic E-state index is -4.71. The number of aromatic nitrogens is 2. The number of fused-ring (bicyclic) bond motifs is 2. The molecule has 1 aliphatic rings. The third-order valence-electron chi connectivity index (χ3n) is 7.56. The van der Waals surface area contributed by atoms with Crippen LogP contribution in [0.25, 0.3) is 16.6 Å². The number of amides is 3. The van der Waals surface area contributed by atoms with E-state index in [0.29, 0.717) is 27.8 Å². The Morgan fingerprint density at radius 1 is 1.07 bits per heavy atom. The van der Waals surface area contributed by atoms with Crippen molar-refractivity contribution in [1.29, 1.82) is 5.26 Å². The molecule has 3 aromatic carbocycles. The Labute approximate surface area is 250 Å². The number of hydrogen-bond acceptors (Lipinski definition) is 6. The molecule has 5 rings (SSSR count). The molecular weight excluding hydrogens is 575 g/mol. The molecule has 0 fully saturated rings. The zero-order valence-electron chi connectivity index (χ0n) is 24.0. The third-order valence-corrected chi connectivity index (χ3v) is 7.56. The van der Waals surface area contributed by atoms with Crippen LogP contribution in [0.4, 0.5) is 24.5 Å². The monoisotopic (exact) mass is 603 g/mol. The SMILES string of the molecule is CNC(C)C(=O)NC1CN(C(C)=O)c2cc(C(F)(F)F)ccc2N(Cc2nn(-c3ccccc3C#N)c3ccccc23)C1=O. The molecule has 2 atom stereocenters. The Hall–Kier alpha value is -5.22. The normalized spacial score (nSPS) is 15.8. The van der Waals surface area contributed by atoms with Crippen LogP contribution >= 0.6 is 0 Å². The van der Waals surface area contributed by atoms with E-state index in [9.17, 15) is 32.8 Å². The van der Waals surface area contributed by atoms with Gasteiger partial charge in [-0.2, -0.15) is 23.5 Å². The summed E-state index contributed by atoms with van der Waals surface area (Å²) >= 11 is 0. The number of nitrogens with zero attached hydrogens (tertiary/aromatic N) is 5. The van der Waals surface area contributed by atoms with Gasteiger partial charge in [0.2, 0.25) is 11.8 Å². The van der Waals surface area contributed by atoms with Gasteiger partial charge in [-0.1, -0.05) is 30.3 Å². The smallest absolute Gasteiger partial charge is 0.341 e. The van der Waals surface area contributed by atoms with E-state index in [1.165, 1.54) is 11.8 Å². The number of nitriles is 1. The van der Waals surface area contributed by atoms with Crippen molar-refractivity contribution in [3.05, 3.63) is 83.6 Å². The molecular formula is C31H28F3N7O3. The van der Waals surface area contributed by atoms with E-state index in [1.807, 2.05) is 0 Å². The molecule has 0 saturated carbocycles. The first kappa shape index (κ1) is 30.2. The van der Waals surface area contributed by atoms with Crippen LogP contribution in [-0.2, 0) is 27.1 Å². The third kappa shape index (κ3) is 5.59. The molecule has 0 bridgehead atoms. The lowest BCUT2D eigenvalue weighted by molar-refractivity contribution is -0.137. The molecule has 44 heavy (non-hydrogen) atoms. The molecule has 10 nitrogen and oxygen atoms in total. The van der Waals surface area contributed by atoms with E-state index in [4.69, 9.17) is 5.10 Å². The Kier molecular flexibility index (Phi) is 8.12. The van der Waals surface area contributed by atoms with E-state index < -0.39 is 41.5 Å². The predicted molar refractivity (Wildman–Crippen MR) is 157 cm³/mol. The highest BCUT2D eigenvalue weighted by Crippen LogP contribution is 2.40. The van der Waals surface area contributed by atoms with Crippen LogP contribution in [-0.4, -0.2) is 53.2 Å². The maximum atomic E-state index is 14.2. The number of anilines is 2. The van der Waals surface area contributed by atoms with E-state index in [1.54, 1.807) is 67.2 Å². The van der Waals surface area contributed by atoms with Gasteiger partial charge >= 0.3 is 6.18 Å². The fourth-order valence-corrected chi connectivity index (χ4v) is 5.14. The fourth-order valence-electron chi connectivity index (χ4n) is 5.14. The van der Waals surface area contributed by atoms with Gasteiger partial charge in [0.05, 0.1) is 58.5 Å². The summed E-state index contributed by atoms with van der Waals surface area (Å²) in [4.78, 5) is 42.1. The minimum absolute atomic E-state index is 0.0488. The molecule has 226 valence electrons. The van der Waals surface area contributed by atoms with E-state index in [0.717, 1.165) is 23.1 Å². The standard InChI is InChI=1S/C31H28F3N7O3/c1-18(36-3)29(43)37-24-17-39(19(2)42)28-14-21(31(32,33)34)12-13-27(28)40(30(24)44)16-23-22-9-5-7-11-26(22)41(38-23)25-10-6-4-8-20(25)15-35/h4-14,18,24,36H,16-17H2,1-3H3,(H,37,43). The first-order chi connectivity index (χ1) is 20.9. The number of benzene rings is 3. The number of alkyl halides is 3. The number of rotatable bonds is 6. The highest BCUT2D eigenvalue weighted by molar-refractivity contribution is 6.08. The highest BCUT2D eigenvalue weighted by atomic mass is 19.4. The van der Waals surface area contributed by atoms with Crippen molar-refractivity contribution in [2.75, 3.05) is 23.4 Å². The summed E-state index contributed by atoms with van der Waals surface area (Å²) in [6.07, 6.45) is -4.71.